The Bertz CT molecular complexity index is 534. The highest BCUT2D eigenvalue weighted by Gasteiger charge is 2.16. The molecule has 0 aromatic heterocycles. The van der Waals surface area contributed by atoms with Crippen LogP contribution >= 0.6 is 23.2 Å². The van der Waals surface area contributed by atoms with Gasteiger partial charge in [-0.25, -0.2) is 4.39 Å². The molecule has 2 aromatic rings. The van der Waals surface area contributed by atoms with Crippen LogP contribution in [-0.4, -0.2) is 11.7 Å². The van der Waals surface area contributed by atoms with Gasteiger partial charge in [0.2, 0.25) is 0 Å². The molecule has 19 heavy (non-hydrogen) atoms. The van der Waals surface area contributed by atoms with E-state index in [0.717, 1.165) is 5.56 Å². The summed E-state index contributed by atoms with van der Waals surface area (Å²) in [5.41, 5.74) is 1.34. The molecule has 1 nitrogen and oxygen atoms in total. The van der Waals surface area contributed by atoms with Crippen molar-refractivity contribution < 1.29 is 9.50 Å². The molecule has 0 aliphatic carbocycles. The van der Waals surface area contributed by atoms with Gasteiger partial charge in [0.15, 0.2) is 0 Å². The van der Waals surface area contributed by atoms with Crippen LogP contribution in [0.1, 0.15) is 17.0 Å². The summed E-state index contributed by atoms with van der Waals surface area (Å²) in [6.45, 7) is -0.0771. The predicted molar refractivity (Wildman–Crippen MR) is 76.4 cm³/mol. The third-order valence-electron chi connectivity index (χ3n) is 3.07. The fourth-order valence-electron chi connectivity index (χ4n) is 2.00. The van der Waals surface area contributed by atoms with Crippen molar-refractivity contribution in [1.82, 2.24) is 0 Å². The number of hydrogen-bond acceptors (Lipinski definition) is 1. The first-order valence-corrected chi connectivity index (χ1v) is 6.66. The molecule has 0 spiro atoms. The molecule has 1 atom stereocenters. The number of aliphatic hydroxyl groups is 1. The van der Waals surface area contributed by atoms with Crippen LogP contribution in [0, 0.1) is 5.82 Å². The molecular formula is C15H13Cl2FO. The van der Waals surface area contributed by atoms with Crippen molar-refractivity contribution >= 4 is 23.2 Å². The molecule has 4 heteroatoms. The lowest BCUT2D eigenvalue weighted by Crippen LogP contribution is -2.09. The van der Waals surface area contributed by atoms with E-state index in [1.165, 1.54) is 6.07 Å². The van der Waals surface area contributed by atoms with Crippen molar-refractivity contribution in [2.24, 2.45) is 0 Å². The molecule has 2 aromatic carbocycles. The molecule has 0 heterocycles. The molecule has 1 N–H and O–H groups in total. The van der Waals surface area contributed by atoms with Crippen LogP contribution in [0.3, 0.4) is 0 Å². The van der Waals surface area contributed by atoms with Gasteiger partial charge in [-0.05, 0) is 36.2 Å². The summed E-state index contributed by atoms with van der Waals surface area (Å²) in [5.74, 6) is -0.549. The van der Waals surface area contributed by atoms with Gasteiger partial charge in [-0.1, -0.05) is 41.4 Å². The fraction of sp³-hybridized carbons (Fsp3) is 0.200. The van der Waals surface area contributed by atoms with Gasteiger partial charge in [0.05, 0.1) is 6.61 Å². The number of rotatable bonds is 4. The van der Waals surface area contributed by atoms with Gasteiger partial charge < -0.3 is 5.11 Å². The van der Waals surface area contributed by atoms with E-state index in [9.17, 15) is 9.50 Å². The van der Waals surface area contributed by atoms with Gasteiger partial charge in [-0.15, -0.1) is 0 Å². The van der Waals surface area contributed by atoms with Gasteiger partial charge >= 0.3 is 0 Å². The second-order valence-corrected chi connectivity index (χ2v) is 5.18. The third-order valence-corrected chi connectivity index (χ3v) is 3.68. The topological polar surface area (TPSA) is 20.2 Å². The molecule has 0 amide bonds. The maximum Gasteiger partial charge on any atom is 0.127 e. The van der Waals surface area contributed by atoms with Crippen LogP contribution in [0.15, 0.2) is 42.5 Å². The molecule has 0 fully saturated rings. The molecule has 2 rings (SSSR count). The van der Waals surface area contributed by atoms with E-state index in [1.807, 2.05) is 12.1 Å². The van der Waals surface area contributed by atoms with Gasteiger partial charge in [-0.2, -0.15) is 0 Å². The Kier molecular flexibility index (Phi) is 4.81. The maximum absolute atomic E-state index is 13.7. The standard InChI is InChI=1S/C15H13Cl2FO/c16-12-6-4-10(5-7-12)11(9-19)8-13-14(17)2-1-3-15(13)18/h1-7,11,19H,8-9H2. The van der Waals surface area contributed by atoms with Crippen LogP contribution in [0.5, 0.6) is 0 Å². The minimum atomic E-state index is -0.347. The Balaban J connectivity index is 2.26. The molecule has 0 aliphatic rings. The molecular weight excluding hydrogens is 286 g/mol. The molecule has 0 saturated carbocycles. The van der Waals surface area contributed by atoms with Crippen LogP contribution in [0.2, 0.25) is 10.0 Å². The molecule has 0 radical (unpaired) electrons. The largest absolute Gasteiger partial charge is 0.396 e. The Morgan fingerprint density at radius 1 is 1.05 bits per heavy atom. The number of hydrogen-bond donors (Lipinski definition) is 1. The van der Waals surface area contributed by atoms with Gasteiger partial charge in [-0.3, -0.25) is 0 Å². The minimum Gasteiger partial charge on any atom is -0.396 e. The van der Waals surface area contributed by atoms with Crippen molar-refractivity contribution in [3.63, 3.8) is 0 Å². The first kappa shape index (κ1) is 14.3. The molecule has 100 valence electrons. The SMILES string of the molecule is OCC(Cc1c(F)cccc1Cl)c1ccc(Cl)cc1. The Labute approximate surface area is 121 Å². The van der Waals surface area contributed by atoms with Crippen molar-refractivity contribution in [1.29, 1.82) is 0 Å². The average molecular weight is 299 g/mol. The van der Waals surface area contributed by atoms with Gasteiger partial charge in [0.25, 0.3) is 0 Å². The van der Waals surface area contributed by atoms with Crippen LogP contribution < -0.4 is 0 Å². The van der Waals surface area contributed by atoms with Crippen molar-refractivity contribution in [3.8, 4) is 0 Å². The van der Waals surface area contributed by atoms with E-state index in [0.29, 0.717) is 22.0 Å². The average Bonchev–Trinajstić information content (AvgIpc) is 2.40. The zero-order chi connectivity index (χ0) is 13.8. The maximum atomic E-state index is 13.7. The molecule has 0 saturated heterocycles. The van der Waals surface area contributed by atoms with E-state index >= 15 is 0 Å². The summed E-state index contributed by atoms with van der Waals surface area (Å²) in [6, 6.07) is 11.8. The highest BCUT2D eigenvalue weighted by atomic mass is 35.5. The monoisotopic (exact) mass is 298 g/mol. The minimum absolute atomic E-state index is 0.0771. The summed E-state index contributed by atoms with van der Waals surface area (Å²) < 4.78 is 13.7. The Morgan fingerprint density at radius 3 is 2.32 bits per heavy atom. The lowest BCUT2D eigenvalue weighted by molar-refractivity contribution is 0.263. The Hall–Kier alpha value is -1.09. The summed E-state index contributed by atoms with van der Waals surface area (Å²) in [7, 11) is 0. The number of aliphatic hydroxyl groups excluding tert-OH is 1. The van der Waals surface area contributed by atoms with Crippen molar-refractivity contribution in [2.45, 2.75) is 12.3 Å². The predicted octanol–water partition coefficient (Wildman–Crippen LogP) is 4.45. The lowest BCUT2D eigenvalue weighted by atomic mass is 9.92. The first-order valence-electron chi connectivity index (χ1n) is 5.91. The molecule has 1 unspecified atom stereocenters. The normalized spacial score (nSPS) is 12.4. The van der Waals surface area contributed by atoms with Crippen molar-refractivity contribution in [3.05, 3.63) is 69.5 Å². The van der Waals surface area contributed by atoms with Gasteiger partial charge in [0, 0.05) is 21.5 Å². The summed E-state index contributed by atoms with van der Waals surface area (Å²) >= 11 is 11.8. The third kappa shape index (κ3) is 3.47. The van der Waals surface area contributed by atoms with Crippen LogP contribution in [0.4, 0.5) is 4.39 Å². The highest BCUT2D eigenvalue weighted by Crippen LogP contribution is 2.27. The van der Waals surface area contributed by atoms with Crippen molar-refractivity contribution in [2.75, 3.05) is 6.61 Å². The van der Waals surface area contributed by atoms with E-state index in [4.69, 9.17) is 23.2 Å². The summed E-state index contributed by atoms with van der Waals surface area (Å²) in [6.07, 6.45) is 0.351. The second kappa shape index (κ2) is 6.38. The lowest BCUT2D eigenvalue weighted by Gasteiger charge is -2.16. The smallest absolute Gasteiger partial charge is 0.127 e. The quantitative estimate of drug-likeness (QED) is 0.884. The number of benzene rings is 2. The second-order valence-electron chi connectivity index (χ2n) is 4.34. The first-order chi connectivity index (χ1) is 9.11. The molecule has 0 aliphatic heterocycles. The summed E-state index contributed by atoms with van der Waals surface area (Å²) in [5, 5.41) is 10.5. The zero-order valence-corrected chi connectivity index (χ0v) is 11.6. The van der Waals surface area contributed by atoms with Gasteiger partial charge in [0.1, 0.15) is 5.82 Å². The van der Waals surface area contributed by atoms with Crippen LogP contribution in [-0.2, 0) is 6.42 Å². The Morgan fingerprint density at radius 2 is 1.74 bits per heavy atom. The molecule has 0 bridgehead atoms. The van der Waals surface area contributed by atoms with E-state index in [1.54, 1.807) is 24.3 Å². The van der Waals surface area contributed by atoms with E-state index in [2.05, 4.69) is 0 Å². The van der Waals surface area contributed by atoms with E-state index in [-0.39, 0.29) is 18.3 Å². The number of halogens is 3. The summed E-state index contributed by atoms with van der Waals surface area (Å²) in [4.78, 5) is 0. The fourth-order valence-corrected chi connectivity index (χ4v) is 2.36. The van der Waals surface area contributed by atoms with E-state index < -0.39 is 0 Å². The van der Waals surface area contributed by atoms with Crippen LogP contribution in [0.25, 0.3) is 0 Å². The highest BCUT2D eigenvalue weighted by molar-refractivity contribution is 6.31. The zero-order valence-electron chi connectivity index (χ0n) is 10.1.